The Morgan fingerprint density at radius 3 is 2.41 bits per heavy atom. The van der Waals surface area contributed by atoms with Gasteiger partial charge in [-0.2, -0.15) is 0 Å². The lowest BCUT2D eigenvalue weighted by molar-refractivity contribution is -0.135. The first-order valence-corrected chi connectivity index (χ1v) is 10.5. The van der Waals surface area contributed by atoms with Crippen LogP contribution in [0.4, 0.5) is 0 Å². The van der Waals surface area contributed by atoms with Gasteiger partial charge >= 0.3 is 5.97 Å². The molecule has 0 spiro atoms. The van der Waals surface area contributed by atoms with E-state index in [0.717, 1.165) is 23.7 Å². The number of carbonyl (C=O) groups is 2. The van der Waals surface area contributed by atoms with Gasteiger partial charge in [0.1, 0.15) is 17.2 Å². The zero-order chi connectivity index (χ0) is 21.2. The second-order valence-corrected chi connectivity index (χ2v) is 7.56. The summed E-state index contributed by atoms with van der Waals surface area (Å²) in [4.78, 5) is 24.0. The smallest absolute Gasteiger partial charge is 0.352 e. The van der Waals surface area contributed by atoms with Crippen LogP contribution < -0.4 is 10.1 Å². The largest absolute Gasteiger partial charge is 0.477 e. The standard InChI is InChI=1S/C23H26BrNO4/c1-3-5-8-17(4-2)22(26)25-20(23(27)28)15-16-11-13-18(14-12-16)29-21-10-7-6-9-19(21)24/h6-7,9-15,17H,3-5,8H2,1-2H3,(H,25,26)(H,27,28)/b20-15-. The third kappa shape index (κ3) is 7.06. The summed E-state index contributed by atoms with van der Waals surface area (Å²) in [5.74, 6) is -0.286. The fraction of sp³-hybridized carbons (Fsp3) is 0.304. The molecule has 1 amide bonds. The van der Waals surface area contributed by atoms with E-state index >= 15 is 0 Å². The van der Waals surface area contributed by atoms with Crippen LogP contribution >= 0.6 is 15.9 Å². The Hall–Kier alpha value is -2.60. The number of carboxylic acids is 1. The molecule has 2 rings (SSSR count). The summed E-state index contributed by atoms with van der Waals surface area (Å²) < 4.78 is 6.65. The maximum atomic E-state index is 12.4. The summed E-state index contributed by atoms with van der Waals surface area (Å²) in [6.07, 6.45) is 4.83. The number of nitrogens with one attached hydrogen (secondary N) is 1. The van der Waals surface area contributed by atoms with Gasteiger partial charge in [-0.15, -0.1) is 0 Å². The van der Waals surface area contributed by atoms with E-state index in [1.165, 1.54) is 6.08 Å². The molecule has 0 aromatic heterocycles. The maximum absolute atomic E-state index is 12.4. The van der Waals surface area contributed by atoms with Gasteiger partial charge in [-0.25, -0.2) is 4.79 Å². The van der Waals surface area contributed by atoms with E-state index in [0.29, 0.717) is 23.5 Å². The Labute approximate surface area is 179 Å². The summed E-state index contributed by atoms with van der Waals surface area (Å²) in [5.41, 5.74) is 0.521. The minimum absolute atomic E-state index is 0.135. The molecule has 0 aliphatic rings. The lowest BCUT2D eigenvalue weighted by atomic mass is 9.98. The Bertz CT molecular complexity index is 861. The Kier molecular flexibility index (Phi) is 8.93. The fourth-order valence-electron chi connectivity index (χ4n) is 2.81. The van der Waals surface area contributed by atoms with Gasteiger partial charge in [0.05, 0.1) is 4.47 Å². The number of ether oxygens (including phenoxy) is 1. The topological polar surface area (TPSA) is 75.6 Å². The minimum atomic E-state index is -1.17. The summed E-state index contributed by atoms with van der Waals surface area (Å²) in [6, 6.07) is 14.5. The molecule has 0 fully saturated rings. The Morgan fingerprint density at radius 1 is 1.14 bits per heavy atom. The molecule has 0 saturated carbocycles. The number of amides is 1. The van der Waals surface area contributed by atoms with Crippen LogP contribution in [0.25, 0.3) is 6.08 Å². The second-order valence-electron chi connectivity index (χ2n) is 6.70. The van der Waals surface area contributed by atoms with Crippen molar-refractivity contribution in [3.05, 3.63) is 64.3 Å². The first kappa shape index (κ1) is 22.7. The van der Waals surface area contributed by atoms with Gasteiger partial charge in [0.25, 0.3) is 0 Å². The van der Waals surface area contributed by atoms with Crippen LogP contribution in [-0.4, -0.2) is 17.0 Å². The number of halogens is 1. The number of hydrogen-bond acceptors (Lipinski definition) is 3. The summed E-state index contributed by atoms with van der Waals surface area (Å²) in [5, 5.41) is 12.1. The third-order valence-corrected chi connectivity index (χ3v) is 5.17. The molecule has 6 heteroatoms. The number of rotatable bonds is 10. The SMILES string of the molecule is CCCCC(CC)C(=O)N/C(=C\c1ccc(Oc2ccccc2Br)cc1)C(=O)O. The Balaban J connectivity index is 2.11. The molecule has 0 saturated heterocycles. The number of aliphatic carboxylic acids is 1. The number of carboxylic acid groups (broad SMARTS) is 1. The van der Waals surface area contributed by atoms with Gasteiger partial charge in [0, 0.05) is 5.92 Å². The van der Waals surface area contributed by atoms with Crippen LogP contribution in [0.15, 0.2) is 58.7 Å². The molecule has 0 radical (unpaired) electrons. The molecule has 0 bridgehead atoms. The summed E-state index contributed by atoms with van der Waals surface area (Å²) in [7, 11) is 0. The molecule has 1 atom stereocenters. The highest BCUT2D eigenvalue weighted by molar-refractivity contribution is 9.10. The van der Waals surface area contributed by atoms with Crippen LogP contribution in [0.1, 0.15) is 45.1 Å². The minimum Gasteiger partial charge on any atom is -0.477 e. The highest BCUT2D eigenvalue weighted by atomic mass is 79.9. The predicted molar refractivity (Wildman–Crippen MR) is 118 cm³/mol. The molecule has 1 unspecified atom stereocenters. The van der Waals surface area contributed by atoms with Crippen molar-refractivity contribution < 1.29 is 19.4 Å². The van der Waals surface area contributed by atoms with Gasteiger partial charge in [0.2, 0.25) is 5.91 Å². The van der Waals surface area contributed by atoms with Crippen molar-refractivity contribution in [3.8, 4) is 11.5 Å². The monoisotopic (exact) mass is 459 g/mol. The molecule has 2 aromatic rings. The van der Waals surface area contributed by atoms with Crippen molar-refractivity contribution in [3.63, 3.8) is 0 Å². The highest BCUT2D eigenvalue weighted by Gasteiger charge is 2.19. The molecule has 0 heterocycles. The van der Waals surface area contributed by atoms with Crippen LogP contribution in [-0.2, 0) is 9.59 Å². The van der Waals surface area contributed by atoms with E-state index in [1.54, 1.807) is 24.3 Å². The van der Waals surface area contributed by atoms with E-state index < -0.39 is 5.97 Å². The maximum Gasteiger partial charge on any atom is 0.352 e. The quantitative estimate of drug-likeness (QED) is 0.427. The third-order valence-electron chi connectivity index (χ3n) is 4.51. The van der Waals surface area contributed by atoms with E-state index in [4.69, 9.17) is 4.74 Å². The fourth-order valence-corrected chi connectivity index (χ4v) is 3.18. The van der Waals surface area contributed by atoms with Crippen molar-refractivity contribution >= 4 is 33.9 Å². The highest BCUT2D eigenvalue weighted by Crippen LogP contribution is 2.29. The molecule has 154 valence electrons. The van der Waals surface area contributed by atoms with Crippen LogP contribution in [0.2, 0.25) is 0 Å². The molecule has 0 aliphatic carbocycles. The van der Waals surface area contributed by atoms with Gasteiger partial charge < -0.3 is 15.2 Å². The summed E-state index contributed by atoms with van der Waals surface area (Å²) >= 11 is 3.43. The van der Waals surface area contributed by atoms with E-state index in [-0.39, 0.29) is 17.5 Å². The molecule has 0 aliphatic heterocycles. The predicted octanol–water partition coefficient (Wildman–Crippen LogP) is 6.00. The molecular formula is C23H26BrNO4. The molecule has 2 N–H and O–H groups in total. The lowest BCUT2D eigenvalue weighted by Gasteiger charge is -2.15. The normalized spacial score (nSPS) is 12.3. The number of para-hydroxylation sites is 1. The van der Waals surface area contributed by atoms with Crippen LogP contribution in [0.3, 0.4) is 0 Å². The van der Waals surface area contributed by atoms with E-state index in [1.807, 2.05) is 31.2 Å². The van der Waals surface area contributed by atoms with Gasteiger partial charge in [-0.05, 0) is 64.7 Å². The number of unbranched alkanes of at least 4 members (excludes halogenated alkanes) is 1. The Morgan fingerprint density at radius 2 is 1.83 bits per heavy atom. The van der Waals surface area contributed by atoms with Crippen molar-refractivity contribution in [1.29, 1.82) is 0 Å². The number of benzene rings is 2. The van der Waals surface area contributed by atoms with Crippen LogP contribution in [0.5, 0.6) is 11.5 Å². The average Bonchev–Trinajstić information content (AvgIpc) is 2.71. The van der Waals surface area contributed by atoms with Gasteiger partial charge in [-0.1, -0.05) is 51.0 Å². The van der Waals surface area contributed by atoms with Gasteiger partial charge in [0.15, 0.2) is 0 Å². The van der Waals surface area contributed by atoms with E-state index in [9.17, 15) is 14.7 Å². The summed E-state index contributed by atoms with van der Waals surface area (Å²) in [6.45, 7) is 4.00. The number of carbonyl (C=O) groups excluding carboxylic acids is 1. The van der Waals surface area contributed by atoms with Crippen molar-refractivity contribution in [2.45, 2.75) is 39.5 Å². The van der Waals surface area contributed by atoms with Crippen molar-refractivity contribution in [2.24, 2.45) is 5.92 Å². The molecule has 5 nitrogen and oxygen atoms in total. The zero-order valence-corrected chi connectivity index (χ0v) is 18.2. The molecule has 2 aromatic carbocycles. The average molecular weight is 460 g/mol. The van der Waals surface area contributed by atoms with Crippen molar-refractivity contribution in [1.82, 2.24) is 5.32 Å². The zero-order valence-electron chi connectivity index (χ0n) is 16.7. The number of hydrogen-bond donors (Lipinski definition) is 2. The second kappa shape index (κ2) is 11.4. The van der Waals surface area contributed by atoms with Gasteiger partial charge in [-0.3, -0.25) is 4.79 Å². The van der Waals surface area contributed by atoms with E-state index in [2.05, 4.69) is 28.2 Å². The van der Waals surface area contributed by atoms with Crippen LogP contribution in [0, 0.1) is 5.92 Å². The lowest BCUT2D eigenvalue weighted by Crippen LogP contribution is -2.32. The molecule has 29 heavy (non-hydrogen) atoms. The molecular weight excluding hydrogens is 434 g/mol. The first-order valence-electron chi connectivity index (χ1n) is 9.72. The van der Waals surface area contributed by atoms with Crippen molar-refractivity contribution in [2.75, 3.05) is 0 Å². The first-order chi connectivity index (χ1) is 13.9.